The van der Waals surface area contributed by atoms with Gasteiger partial charge in [-0.2, -0.15) is 0 Å². The third kappa shape index (κ3) is 11.0. The summed E-state index contributed by atoms with van der Waals surface area (Å²) in [5.41, 5.74) is 16.8. The highest BCUT2D eigenvalue weighted by Crippen LogP contribution is 2.20. The van der Waals surface area contributed by atoms with Crippen LogP contribution < -0.4 is 28.1 Å². The second kappa shape index (κ2) is 16.5. The number of benzene rings is 1. The van der Waals surface area contributed by atoms with E-state index in [-0.39, 0.29) is 44.3 Å². The molecule has 0 unspecified atom stereocenters. The Morgan fingerprint density at radius 1 is 0.750 bits per heavy atom. The molecule has 16 nitrogen and oxygen atoms in total. The number of aromatic nitrogens is 1. The van der Waals surface area contributed by atoms with E-state index in [1.165, 1.54) is 6.07 Å². The first-order valence-corrected chi connectivity index (χ1v) is 14.3. The van der Waals surface area contributed by atoms with Gasteiger partial charge >= 0.3 is 5.97 Å². The van der Waals surface area contributed by atoms with Crippen LogP contribution >= 0.6 is 0 Å². The molecule has 3 rings (SSSR count). The molecular weight excluding hydrogens is 574 g/mol. The van der Waals surface area contributed by atoms with E-state index in [2.05, 4.69) is 10.3 Å². The predicted molar refractivity (Wildman–Crippen MR) is 162 cm³/mol. The van der Waals surface area contributed by atoms with Crippen molar-refractivity contribution in [2.24, 2.45) is 17.2 Å². The number of carbonyl (C=O) groups excluding carboxylic acids is 5. The van der Waals surface area contributed by atoms with Crippen LogP contribution in [0.25, 0.3) is 10.9 Å². The lowest BCUT2D eigenvalue weighted by Gasteiger charge is -2.33. The van der Waals surface area contributed by atoms with Gasteiger partial charge in [-0.15, -0.1) is 0 Å². The lowest BCUT2D eigenvalue weighted by atomic mass is 10.1. The van der Waals surface area contributed by atoms with Crippen molar-refractivity contribution >= 4 is 46.2 Å². The van der Waals surface area contributed by atoms with Gasteiger partial charge in [-0.1, -0.05) is 0 Å². The maximum Gasteiger partial charge on any atom is 0.339 e. The number of hydrogen-bond acceptors (Lipinski definition) is 11. The largest absolute Gasteiger partial charge is 0.462 e. The summed E-state index contributed by atoms with van der Waals surface area (Å²) >= 11 is 0. The first kappa shape index (κ1) is 34.1. The maximum atomic E-state index is 13.2. The fourth-order valence-electron chi connectivity index (χ4n) is 4.99. The van der Waals surface area contributed by atoms with Crippen molar-refractivity contribution < 1.29 is 28.7 Å². The highest BCUT2D eigenvalue weighted by atomic mass is 16.5. The molecule has 4 amide bonds. The molecule has 1 saturated heterocycles. The SMILES string of the molecule is CCOC(=O)c1cc(=O)[nH]c2cc(NC(=O)CN3CCN(CC(N)=O)CCN(CC(N)=O)CCN(CC(N)=O)CC3)ccc12. The molecule has 0 spiro atoms. The first-order chi connectivity index (χ1) is 20.9. The number of nitrogens with zero attached hydrogens (tertiary/aromatic N) is 4. The molecule has 2 heterocycles. The van der Waals surface area contributed by atoms with E-state index >= 15 is 0 Å². The minimum absolute atomic E-state index is 0.00132. The average molecular weight is 616 g/mol. The zero-order chi connectivity index (χ0) is 32.2. The lowest BCUT2D eigenvalue weighted by Crippen LogP contribution is -2.50. The number of ether oxygens (including phenoxy) is 1. The van der Waals surface area contributed by atoms with Crippen molar-refractivity contribution in [3.8, 4) is 0 Å². The van der Waals surface area contributed by atoms with Crippen molar-refractivity contribution in [3.63, 3.8) is 0 Å². The summed E-state index contributed by atoms with van der Waals surface area (Å²) in [5, 5.41) is 3.30. The van der Waals surface area contributed by atoms with Gasteiger partial charge in [0.2, 0.25) is 29.2 Å². The number of esters is 1. The van der Waals surface area contributed by atoms with Crippen LogP contribution in [0.1, 0.15) is 17.3 Å². The van der Waals surface area contributed by atoms with Crippen LogP contribution in [0.15, 0.2) is 29.1 Å². The first-order valence-electron chi connectivity index (χ1n) is 14.3. The third-order valence-electron chi connectivity index (χ3n) is 7.06. The van der Waals surface area contributed by atoms with Gasteiger partial charge in [-0.3, -0.25) is 43.6 Å². The summed E-state index contributed by atoms with van der Waals surface area (Å²) in [5.74, 6) is -2.45. The molecule has 1 aromatic heterocycles. The Bertz CT molecular complexity index is 1380. The quantitative estimate of drug-likeness (QED) is 0.164. The number of fused-ring (bicyclic) bond motifs is 1. The molecule has 0 bridgehead atoms. The number of aromatic amines is 1. The Morgan fingerprint density at radius 2 is 1.20 bits per heavy atom. The molecule has 8 N–H and O–H groups in total. The van der Waals surface area contributed by atoms with Gasteiger partial charge in [0, 0.05) is 69.5 Å². The van der Waals surface area contributed by atoms with Gasteiger partial charge in [0.05, 0.1) is 43.9 Å². The second-order valence-electron chi connectivity index (χ2n) is 10.6. The number of primary amides is 3. The Labute approximate surface area is 254 Å². The number of anilines is 1. The molecular formula is C28H41N9O7. The molecule has 0 radical (unpaired) electrons. The zero-order valence-electron chi connectivity index (χ0n) is 24.9. The minimum atomic E-state index is -0.618. The van der Waals surface area contributed by atoms with E-state index in [1.54, 1.807) is 25.1 Å². The summed E-state index contributed by atoms with van der Waals surface area (Å²) in [6.45, 7) is 5.17. The van der Waals surface area contributed by atoms with Crippen LogP contribution in [0.3, 0.4) is 0 Å². The number of H-pyrrole nitrogens is 1. The smallest absolute Gasteiger partial charge is 0.339 e. The van der Waals surface area contributed by atoms with Gasteiger partial charge in [-0.05, 0) is 25.1 Å². The molecule has 1 aliphatic heterocycles. The van der Waals surface area contributed by atoms with Crippen molar-refractivity contribution in [2.75, 3.05) is 90.5 Å². The molecule has 44 heavy (non-hydrogen) atoms. The summed E-state index contributed by atoms with van der Waals surface area (Å²) in [6.07, 6.45) is 0. The predicted octanol–water partition coefficient (Wildman–Crippen LogP) is -2.68. The van der Waals surface area contributed by atoms with E-state index in [9.17, 15) is 28.8 Å². The third-order valence-corrected chi connectivity index (χ3v) is 7.06. The molecule has 0 aliphatic carbocycles. The Balaban J connectivity index is 1.76. The number of nitrogens with two attached hydrogens (primary N) is 3. The summed E-state index contributed by atoms with van der Waals surface area (Å²) in [4.78, 5) is 82.9. The number of carbonyl (C=O) groups is 5. The van der Waals surface area contributed by atoms with Crippen molar-refractivity contribution in [1.29, 1.82) is 0 Å². The van der Waals surface area contributed by atoms with Crippen LogP contribution in [-0.2, 0) is 23.9 Å². The number of hydrogen-bond donors (Lipinski definition) is 5. The second-order valence-corrected chi connectivity index (χ2v) is 10.6. The Kier molecular flexibility index (Phi) is 12.8. The fourth-order valence-corrected chi connectivity index (χ4v) is 4.99. The summed E-state index contributed by atoms with van der Waals surface area (Å²) in [7, 11) is 0. The lowest BCUT2D eigenvalue weighted by molar-refractivity contribution is -0.121. The van der Waals surface area contributed by atoms with E-state index in [0.717, 1.165) is 0 Å². The van der Waals surface area contributed by atoms with E-state index in [0.29, 0.717) is 68.9 Å². The maximum absolute atomic E-state index is 13.2. The molecule has 240 valence electrons. The van der Waals surface area contributed by atoms with E-state index < -0.39 is 29.3 Å². The van der Waals surface area contributed by atoms with Crippen LogP contribution in [0.2, 0.25) is 0 Å². The van der Waals surface area contributed by atoms with E-state index in [4.69, 9.17) is 21.9 Å². The summed E-state index contributed by atoms with van der Waals surface area (Å²) < 4.78 is 5.05. The van der Waals surface area contributed by atoms with Crippen LogP contribution in [0, 0.1) is 0 Å². The zero-order valence-corrected chi connectivity index (χ0v) is 24.9. The van der Waals surface area contributed by atoms with E-state index in [1.807, 2.05) is 19.6 Å². The van der Waals surface area contributed by atoms with Gasteiger partial charge in [0.1, 0.15) is 0 Å². The molecule has 16 heteroatoms. The van der Waals surface area contributed by atoms with Crippen LogP contribution in [-0.4, -0.2) is 139 Å². The van der Waals surface area contributed by atoms with Gasteiger partial charge in [0.25, 0.3) is 0 Å². The summed E-state index contributed by atoms with van der Waals surface area (Å²) in [6, 6.07) is 5.98. The molecule has 1 fully saturated rings. The standard InChI is InChI=1S/C28H41N9O7/c1-2-44-28(43)21-14-26(41)33-22-13-19(3-4-20(21)22)32-27(42)18-37-11-9-35(16-24(30)39)7-5-34(15-23(29)38)6-8-36(10-12-37)17-25(31)40/h3-4,13-14H,2,5-12,15-18H2,1H3,(H2,29,38)(H2,30,39)(H2,31,40)(H,32,42)(H,33,41). The number of rotatable bonds is 11. The van der Waals surface area contributed by atoms with Gasteiger partial charge in [-0.25, -0.2) is 4.79 Å². The fraction of sp³-hybridized carbons (Fsp3) is 0.500. The van der Waals surface area contributed by atoms with Crippen LogP contribution in [0.4, 0.5) is 5.69 Å². The monoisotopic (exact) mass is 615 g/mol. The molecule has 1 aliphatic rings. The number of pyridine rings is 1. The normalized spacial score (nSPS) is 16.5. The molecule has 0 saturated carbocycles. The number of nitrogens with one attached hydrogen (secondary N) is 2. The molecule has 1 aromatic carbocycles. The van der Waals surface area contributed by atoms with Gasteiger partial charge in [0.15, 0.2) is 0 Å². The molecule has 0 atom stereocenters. The number of amides is 4. The van der Waals surface area contributed by atoms with Crippen molar-refractivity contribution in [1.82, 2.24) is 24.6 Å². The highest BCUT2D eigenvalue weighted by Gasteiger charge is 2.21. The Hall–Kier alpha value is -4.38. The van der Waals surface area contributed by atoms with Crippen molar-refractivity contribution in [2.45, 2.75) is 6.92 Å². The van der Waals surface area contributed by atoms with Crippen molar-refractivity contribution in [3.05, 3.63) is 40.2 Å². The highest BCUT2D eigenvalue weighted by molar-refractivity contribution is 6.04. The van der Waals surface area contributed by atoms with Gasteiger partial charge < -0.3 is 32.2 Å². The van der Waals surface area contributed by atoms with Crippen LogP contribution in [0.5, 0.6) is 0 Å². The average Bonchev–Trinajstić information content (AvgIpc) is 2.93. The molecule has 2 aromatic rings. The minimum Gasteiger partial charge on any atom is -0.462 e. The Morgan fingerprint density at radius 3 is 1.64 bits per heavy atom. The topological polar surface area (TPSA) is 230 Å².